The molecule has 0 unspecified atom stereocenters. The molecule has 1 aliphatic rings. The molecule has 1 aromatic heterocycles. The van der Waals surface area contributed by atoms with E-state index in [9.17, 15) is 18.8 Å². The molecule has 1 aliphatic heterocycles. The summed E-state index contributed by atoms with van der Waals surface area (Å²) in [6, 6.07) is 25.8. The van der Waals surface area contributed by atoms with Crippen molar-refractivity contribution in [1.29, 1.82) is 0 Å². The molecule has 0 bridgehead atoms. The van der Waals surface area contributed by atoms with Gasteiger partial charge in [-0.2, -0.15) is 0 Å². The Labute approximate surface area is 280 Å². The minimum absolute atomic E-state index is 0.122. The molecule has 1 atom stereocenters. The molecule has 11 heteroatoms. The van der Waals surface area contributed by atoms with Gasteiger partial charge in [0.15, 0.2) is 4.80 Å². The number of hydrogen-bond acceptors (Lipinski definition) is 7. The Morgan fingerprint density at radius 2 is 1.74 bits per heavy atom. The Hall–Kier alpha value is -5.13. The van der Waals surface area contributed by atoms with Crippen LogP contribution < -0.4 is 19.6 Å². The van der Waals surface area contributed by atoms with Crippen molar-refractivity contribution < 1.29 is 28.6 Å². The Bertz CT molecular complexity index is 2190. The van der Waals surface area contributed by atoms with Gasteiger partial charge in [-0.05, 0) is 82.0 Å². The minimum Gasteiger partial charge on any atom is -0.488 e. The van der Waals surface area contributed by atoms with Gasteiger partial charge in [0.2, 0.25) is 0 Å². The molecular formula is C36H26BrFN2O6S. The molecule has 0 spiro atoms. The Kier molecular flexibility index (Phi) is 9.28. The first-order chi connectivity index (χ1) is 22.7. The third kappa shape index (κ3) is 6.72. The van der Waals surface area contributed by atoms with E-state index in [-0.39, 0.29) is 29.9 Å². The fraction of sp³-hybridized carbons (Fsp3) is 0.111. The van der Waals surface area contributed by atoms with Crippen LogP contribution in [-0.2, 0) is 16.1 Å². The van der Waals surface area contributed by atoms with Crippen LogP contribution in [0.5, 0.6) is 5.75 Å². The van der Waals surface area contributed by atoms with Crippen molar-refractivity contribution in [2.24, 2.45) is 4.99 Å². The van der Waals surface area contributed by atoms with E-state index in [1.165, 1.54) is 40.2 Å². The molecule has 236 valence electrons. The van der Waals surface area contributed by atoms with Crippen LogP contribution in [-0.4, -0.2) is 28.2 Å². The van der Waals surface area contributed by atoms with Crippen molar-refractivity contribution in [3.8, 4) is 5.75 Å². The molecule has 0 fully saturated rings. The van der Waals surface area contributed by atoms with E-state index in [2.05, 4.69) is 15.9 Å². The maximum absolute atomic E-state index is 14.1. The lowest BCUT2D eigenvalue weighted by molar-refractivity contribution is -0.138. The topological polar surface area (TPSA) is 107 Å². The van der Waals surface area contributed by atoms with Crippen LogP contribution in [0.25, 0.3) is 11.8 Å². The molecule has 8 nitrogen and oxygen atoms in total. The van der Waals surface area contributed by atoms with E-state index in [0.717, 1.165) is 5.56 Å². The molecule has 2 heterocycles. The number of nitrogens with zero attached hydrogens (tertiary/aromatic N) is 2. The number of carboxylic acid groups (broad SMARTS) is 1. The highest BCUT2D eigenvalue weighted by Gasteiger charge is 2.35. The zero-order chi connectivity index (χ0) is 33.1. The number of halogens is 2. The highest BCUT2D eigenvalue weighted by molar-refractivity contribution is 9.10. The summed E-state index contributed by atoms with van der Waals surface area (Å²) in [6.45, 7) is 2.05. The average molecular weight is 714 g/mol. The highest BCUT2D eigenvalue weighted by atomic mass is 79.9. The van der Waals surface area contributed by atoms with Crippen LogP contribution in [0.2, 0.25) is 0 Å². The van der Waals surface area contributed by atoms with Crippen molar-refractivity contribution in [3.05, 3.63) is 160 Å². The lowest BCUT2D eigenvalue weighted by Gasteiger charge is -2.25. The molecule has 6 rings (SSSR count). The molecule has 0 aliphatic carbocycles. The second-order valence-electron chi connectivity index (χ2n) is 10.5. The SMILES string of the molecule is CCOC(=O)C1=C(c2ccccc2)N=c2s/c(=C/c3ccc(OCc4ccc(C(=O)O)cc4)c(Br)c3)c(=O)n2[C@@H]1c1ccc(F)cc1. The van der Waals surface area contributed by atoms with Gasteiger partial charge in [0, 0.05) is 5.56 Å². The molecule has 0 saturated heterocycles. The fourth-order valence-corrected chi connectivity index (χ4v) is 6.69. The van der Waals surface area contributed by atoms with Crippen LogP contribution in [0.15, 0.2) is 117 Å². The van der Waals surface area contributed by atoms with Gasteiger partial charge in [-0.25, -0.2) is 19.0 Å². The summed E-state index contributed by atoms with van der Waals surface area (Å²) >= 11 is 4.73. The minimum atomic E-state index is -0.995. The molecule has 0 radical (unpaired) electrons. The zero-order valence-electron chi connectivity index (χ0n) is 24.9. The molecule has 0 saturated carbocycles. The Morgan fingerprint density at radius 3 is 2.40 bits per heavy atom. The molecule has 5 aromatic rings. The van der Waals surface area contributed by atoms with Gasteiger partial charge < -0.3 is 14.6 Å². The normalized spacial score (nSPS) is 14.4. The maximum Gasteiger partial charge on any atom is 0.338 e. The lowest BCUT2D eigenvalue weighted by Crippen LogP contribution is -2.40. The Morgan fingerprint density at radius 1 is 1.02 bits per heavy atom. The fourth-order valence-electron chi connectivity index (χ4n) is 5.18. The van der Waals surface area contributed by atoms with Crippen LogP contribution in [0.4, 0.5) is 4.39 Å². The largest absolute Gasteiger partial charge is 0.488 e. The van der Waals surface area contributed by atoms with Crippen LogP contribution in [0, 0.1) is 5.82 Å². The first-order valence-corrected chi connectivity index (χ1v) is 16.1. The molecular weight excluding hydrogens is 687 g/mol. The number of ether oxygens (including phenoxy) is 2. The number of rotatable bonds is 9. The number of carboxylic acids is 1. The summed E-state index contributed by atoms with van der Waals surface area (Å²) in [6.07, 6.45) is 1.74. The van der Waals surface area contributed by atoms with E-state index < -0.39 is 23.8 Å². The monoisotopic (exact) mass is 712 g/mol. The van der Waals surface area contributed by atoms with E-state index >= 15 is 0 Å². The average Bonchev–Trinajstić information content (AvgIpc) is 3.38. The van der Waals surface area contributed by atoms with Gasteiger partial charge in [-0.15, -0.1) is 0 Å². The predicted octanol–water partition coefficient (Wildman–Crippen LogP) is 6.11. The quantitative estimate of drug-likeness (QED) is 0.185. The van der Waals surface area contributed by atoms with Gasteiger partial charge in [-0.3, -0.25) is 9.36 Å². The summed E-state index contributed by atoms with van der Waals surface area (Å²) in [5.74, 6) is -1.49. The number of esters is 1. The zero-order valence-corrected chi connectivity index (χ0v) is 27.3. The van der Waals surface area contributed by atoms with Gasteiger partial charge in [-0.1, -0.05) is 72.0 Å². The number of thiazole rings is 1. The van der Waals surface area contributed by atoms with Gasteiger partial charge >= 0.3 is 11.9 Å². The van der Waals surface area contributed by atoms with Crippen molar-refractivity contribution in [3.63, 3.8) is 0 Å². The molecule has 0 amide bonds. The Balaban J connectivity index is 1.41. The smallest absolute Gasteiger partial charge is 0.338 e. The molecule has 47 heavy (non-hydrogen) atoms. The summed E-state index contributed by atoms with van der Waals surface area (Å²) in [4.78, 5) is 43.9. The van der Waals surface area contributed by atoms with Crippen molar-refractivity contribution >= 4 is 51.0 Å². The van der Waals surface area contributed by atoms with Gasteiger partial charge in [0.1, 0.15) is 18.2 Å². The lowest BCUT2D eigenvalue weighted by atomic mass is 9.93. The highest BCUT2D eigenvalue weighted by Crippen LogP contribution is 2.35. The van der Waals surface area contributed by atoms with E-state index in [1.54, 1.807) is 43.3 Å². The molecule has 1 N–H and O–H groups in total. The number of benzene rings is 4. The number of aromatic carboxylic acids is 1. The first kappa shape index (κ1) is 31.8. The summed E-state index contributed by atoms with van der Waals surface area (Å²) < 4.78 is 27.9. The molecule has 4 aromatic carbocycles. The predicted molar refractivity (Wildman–Crippen MR) is 179 cm³/mol. The van der Waals surface area contributed by atoms with Crippen molar-refractivity contribution in [2.45, 2.75) is 19.6 Å². The van der Waals surface area contributed by atoms with Crippen LogP contribution in [0.1, 0.15) is 45.6 Å². The third-order valence-corrected chi connectivity index (χ3v) is 9.01. The summed E-state index contributed by atoms with van der Waals surface area (Å²) in [7, 11) is 0. The number of aromatic nitrogens is 1. The second-order valence-corrected chi connectivity index (χ2v) is 12.3. The second kappa shape index (κ2) is 13.7. The van der Waals surface area contributed by atoms with E-state index in [1.807, 2.05) is 42.5 Å². The maximum atomic E-state index is 14.1. The van der Waals surface area contributed by atoms with E-state index in [4.69, 9.17) is 19.6 Å². The van der Waals surface area contributed by atoms with Gasteiger partial charge in [0.05, 0.1) is 38.5 Å². The number of fused-ring (bicyclic) bond motifs is 1. The van der Waals surface area contributed by atoms with Gasteiger partial charge in [0.25, 0.3) is 5.56 Å². The van der Waals surface area contributed by atoms with Crippen molar-refractivity contribution in [1.82, 2.24) is 4.57 Å². The first-order valence-electron chi connectivity index (χ1n) is 14.5. The van der Waals surface area contributed by atoms with Crippen LogP contribution >= 0.6 is 27.3 Å². The number of carbonyl (C=O) groups excluding carboxylic acids is 1. The standard InChI is InChI=1S/C36H26BrFN2O6S/c1-2-45-35(44)30-31(23-6-4-3-5-7-23)39-36-40(32(30)24-13-15-26(38)16-14-24)33(41)29(47-36)19-22-10-17-28(27(37)18-22)46-20-21-8-11-25(12-9-21)34(42)43/h3-19,32H,2,20H2,1H3,(H,42,43)/b29-19+/t32-/m1/s1. The number of carbonyl (C=O) groups is 2. The summed E-state index contributed by atoms with van der Waals surface area (Å²) in [5.41, 5.74) is 3.13. The third-order valence-electron chi connectivity index (χ3n) is 7.41. The summed E-state index contributed by atoms with van der Waals surface area (Å²) in [5, 5.41) is 9.10. The van der Waals surface area contributed by atoms with E-state index in [0.29, 0.717) is 41.9 Å². The van der Waals surface area contributed by atoms with Crippen LogP contribution in [0.3, 0.4) is 0 Å². The van der Waals surface area contributed by atoms with Crippen molar-refractivity contribution in [2.75, 3.05) is 6.61 Å². The number of hydrogen-bond donors (Lipinski definition) is 1.